The number of benzene rings is 1. The molecular formula is C8H7N4OP. The molecule has 5 nitrogen and oxygen atoms in total. The molecule has 1 aromatic carbocycles. The van der Waals surface area contributed by atoms with E-state index in [0.29, 0.717) is 0 Å². The van der Waals surface area contributed by atoms with E-state index in [1.54, 1.807) is 0 Å². The van der Waals surface area contributed by atoms with Crippen molar-refractivity contribution in [3.63, 3.8) is 0 Å². The summed E-state index contributed by atoms with van der Waals surface area (Å²) >= 11 is 0. The fraction of sp³-hybridized carbons (Fsp3) is 0. The zero-order chi connectivity index (χ0) is 9.43. The van der Waals surface area contributed by atoms with Gasteiger partial charge >= 0.3 is 7.58 Å². The topological polar surface area (TPSA) is 58.3 Å². The van der Waals surface area contributed by atoms with Gasteiger partial charge in [0, 0.05) is 0 Å². The monoisotopic (exact) mass is 206 g/mol. The van der Waals surface area contributed by atoms with E-state index >= 15 is 0 Å². The normalized spacial score (nSPS) is 26.6. The van der Waals surface area contributed by atoms with Gasteiger partial charge in [0.05, 0.1) is 5.69 Å². The van der Waals surface area contributed by atoms with Crippen LogP contribution in [0.1, 0.15) is 0 Å². The summed E-state index contributed by atoms with van der Waals surface area (Å²) < 4.78 is 14.0. The Morgan fingerprint density at radius 2 is 2.14 bits per heavy atom. The third-order valence-electron chi connectivity index (χ3n) is 1.93. The molecule has 2 aliphatic rings. The highest BCUT2D eigenvalue weighted by Gasteiger charge is 2.30. The molecule has 3 rings (SSSR count). The molecule has 0 aliphatic carbocycles. The maximum Gasteiger partial charge on any atom is 0.356 e. The molecule has 0 saturated carbocycles. The van der Waals surface area contributed by atoms with Crippen LogP contribution in [0, 0.1) is 0 Å². The number of hydrogen-bond donors (Lipinski definition) is 1. The van der Waals surface area contributed by atoms with Crippen molar-refractivity contribution in [2.45, 2.75) is 0 Å². The number of hydrogen-bond acceptors (Lipinski definition) is 5. The Hall–Kier alpha value is -1.61. The average molecular weight is 206 g/mol. The Morgan fingerprint density at radius 3 is 2.93 bits per heavy atom. The van der Waals surface area contributed by atoms with E-state index in [1.165, 1.54) is 12.7 Å². The predicted molar refractivity (Wildman–Crippen MR) is 57.0 cm³/mol. The van der Waals surface area contributed by atoms with Gasteiger partial charge in [0.1, 0.15) is 12.7 Å². The minimum Gasteiger partial charge on any atom is -0.424 e. The lowest BCUT2D eigenvalue weighted by Gasteiger charge is -2.11. The Morgan fingerprint density at radius 1 is 1.21 bits per heavy atom. The van der Waals surface area contributed by atoms with Crippen molar-refractivity contribution in [2.75, 3.05) is 5.09 Å². The van der Waals surface area contributed by atoms with E-state index in [-0.39, 0.29) is 0 Å². The van der Waals surface area contributed by atoms with Gasteiger partial charge in [0.2, 0.25) is 0 Å². The molecule has 0 radical (unpaired) electrons. The van der Waals surface area contributed by atoms with Crippen LogP contribution in [0.4, 0.5) is 5.69 Å². The van der Waals surface area contributed by atoms with Crippen molar-refractivity contribution >= 4 is 25.9 Å². The van der Waals surface area contributed by atoms with Crippen LogP contribution < -0.4 is 9.61 Å². The van der Waals surface area contributed by atoms with Gasteiger partial charge in [-0.15, -0.1) is 0 Å². The number of nitrogens with zero attached hydrogens (tertiary/aromatic N) is 3. The van der Waals surface area contributed by atoms with Crippen LogP contribution in [-0.4, -0.2) is 12.7 Å². The zero-order valence-corrected chi connectivity index (χ0v) is 8.06. The third-order valence-corrected chi connectivity index (χ3v) is 3.74. The highest BCUT2D eigenvalue weighted by molar-refractivity contribution is 7.63. The van der Waals surface area contributed by atoms with Gasteiger partial charge in [0.15, 0.2) is 5.75 Å². The smallest absolute Gasteiger partial charge is 0.356 e. The van der Waals surface area contributed by atoms with E-state index < -0.39 is 7.58 Å². The van der Waals surface area contributed by atoms with Crippen molar-refractivity contribution in [1.82, 2.24) is 0 Å². The van der Waals surface area contributed by atoms with Gasteiger partial charge in [-0.1, -0.05) is 12.1 Å². The molecule has 0 fully saturated rings. The van der Waals surface area contributed by atoms with Gasteiger partial charge < -0.3 is 9.61 Å². The molecular weight excluding hydrogens is 199 g/mol. The van der Waals surface area contributed by atoms with Crippen LogP contribution in [0.15, 0.2) is 38.8 Å². The Balaban J connectivity index is 2.10. The molecule has 0 amide bonds. The molecule has 1 unspecified atom stereocenters. The molecule has 2 aliphatic heterocycles. The SMILES string of the molecule is C1=NC=NP2(=N1)Nc1ccccc1O2. The first-order valence-electron chi connectivity index (χ1n) is 4.12. The number of para-hydroxylation sites is 2. The van der Waals surface area contributed by atoms with E-state index in [4.69, 9.17) is 4.52 Å². The van der Waals surface area contributed by atoms with Crippen molar-refractivity contribution in [3.05, 3.63) is 24.3 Å². The number of anilines is 1. The Kier molecular flexibility index (Phi) is 1.49. The molecule has 1 aromatic rings. The third kappa shape index (κ3) is 1.06. The van der Waals surface area contributed by atoms with Crippen LogP contribution >= 0.6 is 7.58 Å². The van der Waals surface area contributed by atoms with E-state index in [0.717, 1.165) is 11.4 Å². The second kappa shape index (κ2) is 2.69. The molecule has 14 heavy (non-hydrogen) atoms. The molecule has 70 valence electrons. The van der Waals surface area contributed by atoms with E-state index in [9.17, 15) is 0 Å². The summed E-state index contributed by atoms with van der Waals surface area (Å²) in [4.78, 5) is 3.78. The Labute approximate surface area is 80.8 Å². The molecule has 6 heteroatoms. The number of nitrogens with one attached hydrogen (secondary N) is 1. The summed E-state index contributed by atoms with van der Waals surface area (Å²) in [6.45, 7) is 0. The lowest BCUT2D eigenvalue weighted by molar-refractivity contribution is 0.627. The summed E-state index contributed by atoms with van der Waals surface area (Å²) in [5.41, 5.74) is 0.942. The number of aliphatic imine (C=N–C) groups is 1. The first kappa shape index (κ1) is 7.76. The summed E-state index contributed by atoms with van der Waals surface area (Å²) in [6.07, 6.45) is 2.94. The average Bonchev–Trinajstić information content (AvgIpc) is 2.56. The van der Waals surface area contributed by atoms with E-state index in [1.807, 2.05) is 24.3 Å². The summed E-state index contributed by atoms with van der Waals surface area (Å²) in [5.74, 6) is 0.803. The maximum atomic E-state index is 5.68. The van der Waals surface area contributed by atoms with Gasteiger partial charge in [-0.05, 0) is 12.1 Å². The Bertz CT molecular complexity index is 465. The van der Waals surface area contributed by atoms with Gasteiger partial charge in [-0.2, -0.15) is 9.51 Å². The maximum absolute atomic E-state index is 5.68. The standard InChI is InChI=1S/C8H7N4OP/c1-2-4-8-7(3-1)12-14(13-8)10-5-9-6-11-14/h1-6,12H. The molecule has 1 atom stereocenters. The summed E-state index contributed by atoms with van der Waals surface area (Å²) in [6, 6.07) is 7.71. The summed E-state index contributed by atoms with van der Waals surface area (Å²) in [7, 11) is -2.23. The van der Waals surface area contributed by atoms with Crippen molar-refractivity contribution in [1.29, 1.82) is 0 Å². The van der Waals surface area contributed by atoms with Crippen LogP contribution in [0.2, 0.25) is 0 Å². The van der Waals surface area contributed by atoms with Crippen LogP contribution in [0.5, 0.6) is 5.75 Å². The van der Waals surface area contributed by atoms with Crippen LogP contribution in [0.3, 0.4) is 0 Å². The van der Waals surface area contributed by atoms with Crippen molar-refractivity contribution in [3.8, 4) is 5.75 Å². The van der Waals surface area contributed by atoms with Crippen molar-refractivity contribution < 1.29 is 4.52 Å². The van der Waals surface area contributed by atoms with Gasteiger partial charge in [-0.25, -0.2) is 4.99 Å². The lowest BCUT2D eigenvalue weighted by Crippen LogP contribution is -1.95. The molecule has 0 aromatic heterocycles. The fourth-order valence-corrected chi connectivity index (χ4v) is 2.97. The number of fused-ring (bicyclic) bond motifs is 1. The molecule has 1 N–H and O–H groups in total. The molecule has 0 saturated heterocycles. The van der Waals surface area contributed by atoms with E-state index in [2.05, 4.69) is 19.6 Å². The van der Waals surface area contributed by atoms with Crippen LogP contribution in [0.25, 0.3) is 0 Å². The molecule has 0 bridgehead atoms. The summed E-state index contributed by atoms with van der Waals surface area (Å²) in [5, 5.41) is 3.18. The van der Waals surface area contributed by atoms with Gasteiger partial charge in [0.25, 0.3) is 0 Å². The highest BCUT2D eigenvalue weighted by atomic mass is 31.2. The minimum atomic E-state index is -2.23. The lowest BCUT2D eigenvalue weighted by atomic mass is 10.3. The fourth-order valence-electron chi connectivity index (χ4n) is 1.32. The van der Waals surface area contributed by atoms with Gasteiger partial charge in [-0.3, -0.25) is 0 Å². The second-order valence-corrected chi connectivity index (χ2v) is 4.81. The van der Waals surface area contributed by atoms with Crippen LogP contribution in [-0.2, 0) is 0 Å². The second-order valence-electron chi connectivity index (χ2n) is 2.85. The minimum absolute atomic E-state index is 0.803. The highest BCUT2D eigenvalue weighted by Crippen LogP contribution is 2.59. The first-order chi connectivity index (χ1) is 6.88. The quantitative estimate of drug-likeness (QED) is 0.663. The largest absolute Gasteiger partial charge is 0.424 e. The predicted octanol–water partition coefficient (Wildman–Crippen LogP) is 2.51. The zero-order valence-electron chi connectivity index (χ0n) is 7.16. The number of rotatable bonds is 0. The first-order valence-corrected chi connectivity index (χ1v) is 5.73. The van der Waals surface area contributed by atoms with Crippen molar-refractivity contribution in [2.24, 2.45) is 14.5 Å². The molecule has 2 heterocycles. The molecule has 1 spiro atoms.